The molecule has 0 radical (unpaired) electrons. The van der Waals surface area contributed by atoms with Crippen molar-refractivity contribution in [2.45, 2.75) is 18.4 Å². The van der Waals surface area contributed by atoms with E-state index in [9.17, 15) is 14.4 Å². The van der Waals surface area contributed by atoms with Gasteiger partial charge in [0.2, 0.25) is 5.91 Å². The Bertz CT molecular complexity index is 1310. The minimum Gasteiger partial charge on any atom is -0.464 e. The van der Waals surface area contributed by atoms with Crippen LogP contribution in [-0.2, 0) is 25.5 Å². The van der Waals surface area contributed by atoms with Crippen molar-refractivity contribution >= 4 is 27.1 Å². The third-order valence-corrected chi connectivity index (χ3v) is 8.86. The highest BCUT2D eigenvalue weighted by Gasteiger charge is 2.30. The lowest BCUT2D eigenvalue weighted by molar-refractivity contribution is -0.143. The number of benzene rings is 3. The summed E-state index contributed by atoms with van der Waals surface area (Å²) in [5, 5.41) is 5.32. The second kappa shape index (κ2) is 12.2. The Morgan fingerprint density at radius 2 is 1.38 bits per heavy atom. The topological polar surface area (TPSA) is 93.7 Å². The van der Waals surface area contributed by atoms with Crippen LogP contribution < -0.4 is 10.6 Å². The van der Waals surface area contributed by atoms with Gasteiger partial charge in [0.05, 0.1) is 6.61 Å². The van der Waals surface area contributed by atoms with Crippen LogP contribution in [0.25, 0.3) is 11.1 Å². The van der Waals surface area contributed by atoms with E-state index in [-0.39, 0.29) is 25.5 Å². The summed E-state index contributed by atoms with van der Waals surface area (Å²) in [6.07, 6.45) is 8.41. The first-order chi connectivity index (χ1) is 19.0. The second-order valence-corrected chi connectivity index (χ2v) is 20.7. The summed E-state index contributed by atoms with van der Waals surface area (Å²) in [6, 6.07) is 24.7. The van der Waals surface area contributed by atoms with Gasteiger partial charge in [0, 0.05) is 12.3 Å². The van der Waals surface area contributed by atoms with E-state index in [0.717, 1.165) is 33.6 Å². The Labute approximate surface area is 236 Å². The van der Waals surface area contributed by atoms with Gasteiger partial charge in [0.25, 0.3) is 0 Å². The summed E-state index contributed by atoms with van der Waals surface area (Å²) >= 11 is 0. The van der Waals surface area contributed by atoms with E-state index in [2.05, 4.69) is 59.9 Å². The van der Waals surface area contributed by atoms with Crippen LogP contribution in [0.4, 0.5) is 4.79 Å². The smallest absolute Gasteiger partial charge is 0.407 e. The van der Waals surface area contributed by atoms with Crippen LogP contribution in [0, 0.1) is 0 Å². The van der Waals surface area contributed by atoms with Crippen LogP contribution in [0.1, 0.15) is 22.6 Å². The van der Waals surface area contributed by atoms with Crippen molar-refractivity contribution in [3.63, 3.8) is 0 Å². The van der Waals surface area contributed by atoms with Crippen molar-refractivity contribution in [3.8, 4) is 11.1 Å². The van der Waals surface area contributed by atoms with E-state index in [1.807, 2.05) is 54.6 Å². The summed E-state index contributed by atoms with van der Waals surface area (Å²) in [6.45, 7) is 0.186. The first-order valence-electron chi connectivity index (χ1n) is 13.6. The molecule has 0 saturated heterocycles. The maximum Gasteiger partial charge on any atom is 0.407 e. The SMILES string of the molecule is C[SH](C)(C)(C)CCOC(=O)CNC(=O)C(Cc1ccccc1)NC(=O)OCC1c2ccccc2-c2ccccc21. The highest BCUT2D eigenvalue weighted by atomic mass is 32.3. The van der Waals surface area contributed by atoms with Gasteiger partial charge >= 0.3 is 12.1 Å². The molecule has 4 rings (SSSR count). The minimum atomic E-state index is -1.79. The lowest BCUT2D eigenvalue weighted by atomic mass is 9.98. The fourth-order valence-electron chi connectivity index (χ4n) is 4.70. The predicted octanol–water partition coefficient (Wildman–Crippen LogP) is 4.39. The number of thiol groups is 1. The molecule has 214 valence electrons. The predicted molar refractivity (Wildman–Crippen MR) is 164 cm³/mol. The molecule has 0 aliphatic heterocycles. The molecule has 0 spiro atoms. The van der Waals surface area contributed by atoms with Gasteiger partial charge in [-0.2, -0.15) is 0 Å². The average molecular weight is 565 g/mol. The zero-order valence-corrected chi connectivity index (χ0v) is 24.6. The molecule has 0 aromatic heterocycles. The number of carbonyl (C=O) groups is 3. The molecule has 7 nitrogen and oxygen atoms in total. The molecule has 3 aromatic carbocycles. The molecule has 8 heteroatoms. The summed E-state index contributed by atoms with van der Waals surface area (Å²) in [4.78, 5) is 38.3. The molecule has 0 fully saturated rings. The lowest BCUT2D eigenvalue weighted by Crippen LogP contribution is -2.49. The number of fused-ring (bicyclic) bond motifs is 3. The maximum absolute atomic E-state index is 13.1. The van der Waals surface area contributed by atoms with Gasteiger partial charge in [0.1, 0.15) is 19.2 Å². The third kappa shape index (κ3) is 8.11. The molecule has 1 unspecified atom stereocenters. The molecule has 40 heavy (non-hydrogen) atoms. The zero-order valence-electron chi connectivity index (χ0n) is 23.7. The van der Waals surface area contributed by atoms with Crippen molar-refractivity contribution in [3.05, 3.63) is 95.6 Å². The summed E-state index contributed by atoms with van der Waals surface area (Å²) in [7, 11) is -1.79. The average Bonchev–Trinajstić information content (AvgIpc) is 3.23. The summed E-state index contributed by atoms with van der Waals surface area (Å²) in [5.41, 5.74) is 5.36. The van der Waals surface area contributed by atoms with Crippen molar-refractivity contribution in [1.29, 1.82) is 0 Å². The zero-order chi connectivity index (χ0) is 28.8. The fraction of sp³-hybridized carbons (Fsp3) is 0.344. The summed E-state index contributed by atoms with van der Waals surface area (Å²) in [5.74, 6) is -0.266. The Morgan fingerprint density at radius 1 is 0.800 bits per heavy atom. The second-order valence-electron chi connectivity index (χ2n) is 12.3. The molecule has 2 N–H and O–H groups in total. The first kappa shape index (κ1) is 29.2. The number of carbonyl (C=O) groups excluding carboxylic acids is 3. The monoisotopic (exact) mass is 564 g/mol. The van der Waals surface area contributed by atoms with Gasteiger partial charge in [-0.3, -0.25) is 18.8 Å². The van der Waals surface area contributed by atoms with E-state index in [1.54, 1.807) is 0 Å². The van der Waals surface area contributed by atoms with Crippen LogP contribution in [0.5, 0.6) is 0 Å². The summed E-state index contributed by atoms with van der Waals surface area (Å²) < 4.78 is 11.0. The molecule has 0 bridgehead atoms. The van der Waals surface area contributed by atoms with Crippen LogP contribution >= 0.6 is 9.16 Å². The van der Waals surface area contributed by atoms with Gasteiger partial charge < -0.3 is 20.1 Å². The van der Waals surface area contributed by atoms with Gasteiger partial charge in [-0.25, -0.2) is 4.79 Å². The number of ether oxygens (including phenoxy) is 2. The third-order valence-electron chi connectivity index (χ3n) is 6.89. The van der Waals surface area contributed by atoms with Gasteiger partial charge in [-0.05, 0) is 58.6 Å². The van der Waals surface area contributed by atoms with Crippen molar-refractivity contribution < 1.29 is 23.9 Å². The van der Waals surface area contributed by atoms with Gasteiger partial charge in [-0.15, -0.1) is 0 Å². The number of hydrogen-bond acceptors (Lipinski definition) is 5. The van der Waals surface area contributed by atoms with E-state index in [0.29, 0.717) is 6.61 Å². The standard InChI is InChI=1S/C32H40N2O5S/c1-40(2,3,4)19-18-38-30(35)21-33-31(36)29(20-23-12-6-5-7-13-23)34-32(37)39-22-28-26-16-10-8-14-24(26)25-15-9-11-17-27(25)28/h5-17,28-29,40H,18-22H2,1-4H3,(H,33,36)(H,34,37). The van der Waals surface area contributed by atoms with Gasteiger partial charge in [0.15, 0.2) is 0 Å². The largest absolute Gasteiger partial charge is 0.464 e. The lowest BCUT2D eigenvalue weighted by Gasteiger charge is -2.46. The van der Waals surface area contributed by atoms with E-state index < -0.39 is 33.2 Å². The number of rotatable bonds is 11. The number of amides is 2. The fourth-order valence-corrected chi connectivity index (χ4v) is 5.52. The van der Waals surface area contributed by atoms with Crippen LogP contribution in [0.2, 0.25) is 0 Å². The molecule has 1 aliphatic rings. The van der Waals surface area contributed by atoms with E-state index >= 15 is 0 Å². The highest BCUT2D eigenvalue weighted by Crippen LogP contribution is 2.54. The molecular formula is C32H40N2O5S. The van der Waals surface area contributed by atoms with Crippen LogP contribution in [0.3, 0.4) is 0 Å². The highest BCUT2D eigenvalue weighted by molar-refractivity contribution is 8.47. The number of hydrogen-bond donors (Lipinski definition) is 3. The number of alkyl carbamates (subject to hydrolysis) is 1. The molecular weight excluding hydrogens is 524 g/mol. The van der Waals surface area contributed by atoms with E-state index in [1.165, 1.54) is 0 Å². The first-order valence-corrected chi connectivity index (χ1v) is 17.8. The molecule has 2 amide bonds. The van der Waals surface area contributed by atoms with Crippen LogP contribution in [-0.4, -0.2) is 74.5 Å². The normalized spacial score (nSPS) is 14.2. The van der Waals surface area contributed by atoms with Crippen molar-refractivity contribution in [2.24, 2.45) is 0 Å². The van der Waals surface area contributed by atoms with Crippen molar-refractivity contribution in [1.82, 2.24) is 10.6 Å². The molecule has 3 aromatic rings. The Kier molecular flexibility index (Phi) is 8.88. The molecule has 1 atom stereocenters. The molecule has 0 saturated carbocycles. The van der Waals surface area contributed by atoms with Gasteiger partial charge in [-0.1, -0.05) is 78.9 Å². The molecule has 0 heterocycles. The number of esters is 1. The quantitative estimate of drug-likeness (QED) is 0.237. The number of nitrogens with one attached hydrogen (secondary N) is 2. The maximum atomic E-state index is 13.1. The van der Waals surface area contributed by atoms with Crippen molar-refractivity contribution in [2.75, 3.05) is 50.5 Å². The van der Waals surface area contributed by atoms with Crippen LogP contribution in [0.15, 0.2) is 78.9 Å². The Morgan fingerprint density at radius 3 is 1.98 bits per heavy atom. The van der Waals surface area contributed by atoms with E-state index in [4.69, 9.17) is 9.47 Å². The molecule has 1 aliphatic carbocycles. The Balaban J connectivity index is 1.36. The Hall–Kier alpha value is -3.78. The minimum absolute atomic E-state index is 0.0902.